The first kappa shape index (κ1) is 83.1. The summed E-state index contributed by atoms with van der Waals surface area (Å²) in [5.74, 6) is -0.0234. The molecule has 0 aliphatic heterocycles. The normalized spacial score (nSPS) is 12.7. The van der Waals surface area contributed by atoms with Crippen molar-refractivity contribution < 1.29 is 24.5 Å². The van der Waals surface area contributed by atoms with Gasteiger partial charge in [0.1, 0.15) is 0 Å². The van der Waals surface area contributed by atoms with Gasteiger partial charge in [0, 0.05) is 12.8 Å². The Labute approximate surface area is 532 Å². The predicted molar refractivity (Wildman–Crippen MR) is 375 cm³/mol. The molecule has 0 aromatic carbocycles. The van der Waals surface area contributed by atoms with Crippen molar-refractivity contribution in [1.29, 1.82) is 0 Å². The van der Waals surface area contributed by atoms with Gasteiger partial charge in [-0.15, -0.1) is 0 Å². The van der Waals surface area contributed by atoms with Crippen molar-refractivity contribution in [3.05, 3.63) is 36.5 Å². The van der Waals surface area contributed by atoms with Crippen LogP contribution in [0.5, 0.6) is 0 Å². The lowest BCUT2D eigenvalue weighted by Gasteiger charge is -2.22. The zero-order chi connectivity index (χ0) is 61.3. The van der Waals surface area contributed by atoms with Gasteiger partial charge in [0.15, 0.2) is 0 Å². The van der Waals surface area contributed by atoms with Crippen LogP contribution in [0.4, 0.5) is 0 Å². The summed E-state index contributed by atoms with van der Waals surface area (Å²) >= 11 is 0. The first-order valence-electron chi connectivity index (χ1n) is 38.7. The van der Waals surface area contributed by atoms with E-state index < -0.39 is 12.1 Å². The van der Waals surface area contributed by atoms with Crippen LogP contribution < -0.4 is 5.32 Å². The summed E-state index contributed by atoms with van der Waals surface area (Å²) in [5.41, 5.74) is 0. The van der Waals surface area contributed by atoms with Gasteiger partial charge in [0.25, 0.3) is 0 Å². The molecule has 0 rings (SSSR count). The summed E-state index contributed by atoms with van der Waals surface area (Å²) in [6, 6.07) is -0.542. The summed E-state index contributed by atoms with van der Waals surface area (Å²) in [4.78, 5) is 24.6. The Kier molecular flexibility index (Phi) is 72.9. The van der Waals surface area contributed by atoms with E-state index in [4.69, 9.17) is 4.74 Å². The van der Waals surface area contributed by atoms with Crippen LogP contribution in [0.25, 0.3) is 0 Å². The van der Waals surface area contributed by atoms with E-state index in [0.29, 0.717) is 25.9 Å². The maximum absolute atomic E-state index is 12.6. The lowest BCUT2D eigenvalue weighted by atomic mass is 10.0. The van der Waals surface area contributed by atoms with Crippen molar-refractivity contribution >= 4 is 11.9 Å². The van der Waals surface area contributed by atoms with Gasteiger partial charge in [-0.1, -0.05) is 371 Å². The minimum atomic E-state index is -0.665. The lowest BCUT2D eigenvalue weighted by molar-refractivity contribution is -0.143. The van der Waals surface area contributed by atoms with Crippen molar-refractivity contribution in [2.24, 2.45) is 0 Å². The molecule has 0 aromatic heterocycles. The van der Waals surface area contributed by atoms with E-state index in [9.17, 15) is 19.8 Å². The molecule has 0 aromatic rings. The van der Waals surface area contributed by atoms with Gasteiger partial charge < -0.3 is 20.3 Å². The Bertz CT molecular complexity index is 1380. The highest BCUT2D eigenvalue weighted by Gasteiger charge is 2.20. The molecule has 2 atom stereocenters. The molecule has 0 heterocycles. The molecule has 2 unspecified atom stereocenters. The number of unbranched alkanes of at least 4 members (excludes halogenated alkanes) is 56. The quantitative estimate of drug-likeness (QED) is 0.0320. The number of amides is 1. The second-order valence-electron chi connectivity index (χ2n) is 26.7. The number of allylic oxidation sites excluding steroid dienone is 6. The summed E-state index contributed by atoms with van der Waals surface area (Å²) < 4.78 is 5.47. The van der Waals surface area contributed by atoms with Gasteiger partial charge in [-0.05, 0) is 83.5 Å². The number of nitrogens with one attached hydrogen (secondary N) is 1. The van der Waals surface area contributed by atoms with Crippen molar-refractivity contribution in [1.82, 2.24) is 5.32 Å². The van der Waals surface area contributed by atoms with Crippen molar-refractivity contribution in [3.63, 3.8) is 0 Å². The Hall–Kier alpha value is -1.92. The van der Waals surface area contributed by atoms with E-state index in [1.165, 1.54) is 347 Å². The SMILES string of the molecule is CCCCC/C=C\CCCCCCCC(=O)OCCCCCCCCCCC/C=C\C/C=C\CCCCCCCCCCCCCCCCCCCC(=O)NC(CO)C(O)CCCCCCCCCCCCCCCCCCCCCCCCC. The monoisotopic (exact) mass is 1190 g/mol. The first-order chi connectivity index (χ1) is 42.0. The number of ether oxygens (including phenoxy) is 1. The molecule has 0 aliphatic rings. The van der Waals surface area contributed by atoms with Gasteiger partial charge in [-0.2, -0.15) is 0 Å². The number of rotatable bonds is 73. The maximum Gasteiger partial charge on any atom is 0.305 e. The Morgan fingerprint density at radius 3 is 0.929 bits per heavy atom. The Morgan fingerprint density at radius 1 is 0.329 bits per heavy atom. The van der Waals surface area contributed by atoms with E-state index in [1.54, 1.807) is 0 Å². The first-order valence-corrected chi connectivity index (χ1v) is 38.7. The molecule has 0 aliphatic carbocycles. The third kappa shape index (κ3) is 71.0. The van der Waals surface area contributed by atoms with E-state index in [2.05, 4.69) is 55.6 Å². The third-order valence-electron chi connectivity index (χ3n) is 18.2. The molecule has 0 saturated heterocycles. The highest BCUT2D eigenvalue weighted by atomic mass is 16.5. The van der Waals surface area contributed by atoms with E-state index in [0.717, 1.165) is 51.4 Å². The van der Waals surface area contributed by atoms with E-state index >= 15 is 0 Å². The van der Waals surface area contributed by atoms with Gasteiger partial charge >= 0.3 is 5.97 Å². The molecular formula is C79H151NO5. The summed E-state index contributed by atoms with van der Waals surface area (Å²) in [6.45, 7) is 4.97. The topological polar surface area (TPSA) is 95.9 Å². The van der Waals surface area contributed by atoms with Crippen LogP contribution in [0.2, 0.25) is 0 Å². The fraction of sp³-hybridized carbons (Fsp3) is 0.899. The average molecular weight is 1200 g/mol. The fourth-order valence-electron chi connectivity index (χ4n) is 12.3. The van der Waals surface area contributed by atoms with Crippen LogP contribution in [0, 0.1) is 0 Å². The average Bonchev–Trinajstić information content (AvgIpc) is 3.51. The minimum Gasteiger partial charge on any atom is -0.466 e. The van der Waals surface area contributed by atoms with Crippen LogP contribution in [0.3, 0.4) is 0 Å². The molecule has 0 bridgehead atoms. The molecule has 0 saturated carbocycles. The van der Waals surface area contributed by atoms with Crippen molar-refractivity contribution in [2.75, 3.05) is 13.2 Å². The van der Waals surface area contributed by atoms with Gasteiger partial charge in [0.05, 0.1) is 25.4 Å². The molecular weight excluding hydrogens is 1040 g/mol. The molecule has 6 heteroatoms. The highest BCUT2D eigenvalue weighted by Crippen LogP contribution is 2.19. The van der Waals surface area contributed by atoms with Gasteiger partial charge in [-0.3, -0.25) is 9.59 Å². The lowest BCUT2D eigenvalue weighted by Crippen LogP contribution is -2.45. The number of aliphatic hydroxyl groups excluding tert-OH is 2. The fourth-order valence-corrected chi connectivity index (χ4v) is 12.3. The zero-order valence-corrected chi connectivity index (χ0v) is 57.6. The van der Waals surface area contributed by atoms with Crippen LogP contribution in [0.1, 0.15) is 431 Å². The molecule has 85 heavy (non-hydrogen) atoms. The van der Waals surface area contributed by atoms with Crippen LogP contribution >= 0.6 is 0 Å². The molecule has 3 N–H and O–H groups in total. The van der Waals surface area contributed by atoms with Crippen LogP contribution in [0.15, 0.2) is 36.5 Å². The van der Waals surface area contributed by atoms with Crippen molar-refractivity contribution in [3.8, 4) is 0 Å². The molecule has 6 nitrogen and oxygen atoms in total. The number of esters is 1. The number of carbonyl (C=O) groups is 2. The van der Waals surface area contributed by atoms with Gasteiger partial charge in [-0.25, -0.2) is 0 Å². The van der Waals surface area contributed by atoms with Gasteiger partial charge in [0.2, 0.25) is 5.91 Å². The molecule has 0 spiro atoms. The van der Waals surface area contributed by atoms with E-state index in [-0.39, 0.29) is 18.5 Å². The zero-order valence-electron chi connectivity index (χ0n) is 57.6. The molecule has 0 fully saturated rings. The predicted octanol–water partition coefficient (Wildman–Crippen LogP) is 25.4. The number of hydrogen-bond acceptors (Lipinski definition) is 5. The summed E-state index contributed by atoms with van der Waals surface area (Å²) in [7, 11) is 0. The highest BCUT2D eigenvalue weighted by molar-refractivity contribution is 5.76. The smallest absolute Gasteiger partial charge is 0.305 e. The molecule has 502 valence electrons. The largest absolute Gasteiger partial charge is 0.466 e. The summed E-state index contributed by atoms with van der Waals surface area (Å²) in [5, 5.41) is 23.5. The molecule has 0 radical (unpaired) electrons. The second kappa shape index (κ2) is 74.5. The Balaban J connectivity index is 3.38. The van der Waals surface area contributed by atoms with Crippen LogP contribution in [-0.2, 0) is 14.3 Å². The Morgan fingerprint density at radius 2 is 0.588 bits per heavy atom. The van der Waals surface area contributed by atoms with Crippen LogP contribution in [-0.4, -0.2) is 47.4 Å². The number of hydrogen-bond donors (Lipinski definition) is 3. The summed E-state index contributed by atoms with van der Waals surface area (Å²) in [6.07, 6.45) is 96.6. The van der Waals surface area contributed by atoms with E-state index in [1.807, 2.05) is 0 Å². The standard InChI is InChI=1S/C79H151NO5/c1-3-5-7-9-11-13-15-17-18-19-20-21-33-36-39-42-45-48-51-55-59-63-67-71-77(82)76(75-81)80-78(83)72-68-64-60-56-52-49-46-43-40-37-34-31-29-27-25-23-22-24-26-28-30-32-35-38-41-44-47-50-54-58-62-66-70-74-85-79(84)73-69-65-61-57-53-16-14-12-10-8-6-4-2/h12,14,26,28,32,35,76-77,81-82H,3-11,13,15-25,27,29-31,33-34,36-75H2,1-2H3,(H,80,83)/b14-12-,28-26-,35-32-. The third-order valence-corrected chi connectivity index (χ3v) is 18.2. The number of aliphatic hydroxyl groups is 2. The molecule has 1 amide bonds. The maximum atomic E-state index is 12.6. The van der Waals surface area contributed by atoms with Crippen molar-refractivity contribution in [2.45, 2.75) is 443 Å². The minimum absolute atomic E-state index is 0.00461. The number of carbonyl (C=O) groups excluding carboxylic acids is 2. The second-order valence-corrected chi connectivity index (χ2v) is 26.7.